The monoisotopic (exact) mass is 548 g/mol. The van der Waals surface area contributed by atoms with Gasteiger partial charge in [-0.15, -0.1) is 0 Å². The number of carbonyl (C=O) groups is 2. The SMILES string of the molecule is COC(=O)C1CC(OC(=O)c2cc(OC)c(OC)c(OC)c2)C[C@@H]2CN3CCc4c([nH]c5ccccc45)C3C[C@H]12. The number of piperidine rings is 1. The van der Waals surface area contributed by atoms with Crippen LogP contribution in [-0.4, -0.2) is 69.5 Å². The summed E-state index contributed by atoms with van der Waals surface area (Å²) in [4.78, 5) is 32.6. The highest BCUT2D eigenvalue weighted by atomic mass is 16.5. The Morgan fingerprint density at radius 3 is 2.40 bits per heavy atom. The van der Waals surface area contributed by atoms with Crippen LogP contribution in [0, 0.1) is 17.8 Å². The van der Waals surface area contributed by atoms with E-state index in [1.54, 1.807) is 12.1 Å². The third-order valence-electron chi connectivity index (χ3n) is 9.12. The molecule has 5 atom stereocenters. The number of benzene rings is 2. The molecule has 1 saturated carbocycles. The zero-order valence-corrected chi connectivity index (χ0v) is 23.4. The molecule has 3 aliphatic rings. The fraction of sp³-hybridized carbons (Fsp3) is 0.484. The predicted octanol–water partition coefficient (Wildman–Crippen LogP) is 4.54. The quantitative estimate of drug-likeness (QED) is 0.449. The van der Waals surface area contributed by atoms with Crippen LogP contribution >= 0.6 is 0 Å². The van der Waals surface area contributed by atoms with Crippen LogP contribution in [0.2, 0.25) is 0 Å². The van der Waals surface area contributed by atoms with E-state index in [4.69, 9.17) is 23.7 Å². The van der Waals surface area contributed by atoms with Gasteiger partial charge in [0.1, 0.15) is 6.10 Å². The van der Waals surface area contributed by atoms with Crippen molar-refractivity contribution in [2.45, 2.75) is 37.8 Å². The lowest BCUT2D eigenvalue weighted by Gasteiger charge is -2.51. The average molecular weight is 549 g/mol. The Hall–Kier alpha value is -3.72. The number of aromatic amines is 1. The van der Waals surface area contributed by atoms with Gasteiger partial charge in [0.05, 0.1) is 46.0 Å². The highest BCUT2D eigenvalue weighted by Gasteiger charge is 2.49. The molecule has 1 saturated heterocycles. The second kappa shape index (κ2) is 10.7. The van der Waals surface area contributed by atoms with E-state index in [9.17, 15) is 9.59 Å². The molecule has 3 unspecified atom stereocenters. The Kier molecular flexibility index (Phi) is 7.08. The van der Waals surface area contributed by atoms with Crippen LogP contribution < -0.4 is 14.2 Å². The first-order valence-corrected chi connectivity index (χ1v) is 13.9. The van der Waals surface area contributed by atoms with Gasteiger partial charge in [-0.2, -0.15) is 0 Å². The lowest BCUT2D eigenvalue weighted by Crippen LogP contribution is -2.52. The summed E-state index contributed by atoms with van der Waals surface area (Å²) < 4.78 is 27.5. The predicted molar refractivity (Wildman–Crippen MR) is 148 cm³/mol. The molecule has 1 aliphatic carbocycles. The summed E-state index contributed by atoms with van der Waals surface area (Å²) in [7, 11) is 5.96. The van der Waals surface area contributed by atoms with Crippen LogP contribution in [0.15, 0.2) is 36.4 Å². The molecule has 3 heterocycles. The van der Waals surface area contributed by atoms with E-state index in [1.807, 2.05) is 0 Å². The van der Waals surface area contributed by atoms with Gasteiger partial charge in [0, 0.05) is 29.7 Å². The Labute approximate surface area is 233 Å². The zero-order chi connectivity index (χ0) is 28.0. The number of para-hydroxylation sites is 1. The van der Waals surface area contributed by atoms with Gasteiger partial charge in [0.2, 0.25) is 5.75 Å². The number of H-pyrrole nitrogens is 1. The molecule has 40 heavy (non-hydrogen) atoms. The number of nitrogens with zero attached hydrogens (tertiary/aromatic N) is 1. The lowest BCUT2D eigenvalue weighted by atomic mass is 9.65. The Bertz CT molecular complexity index is 1410. The van der Waals surface area contributed by atoms with E-state index in [2.05, 4.69) is 34.1 Å². The maximum atomic E-state index is 13.3. The summed E-state index contributed by atoms with van der Waals surface area (Å²) in [6, 6.07) is 11.9. The summed E-state index contributed by atoms with van der Waals surface area (Å²) in [5.41, 5.74) is 4.16. The van der Waals surface area contributed by atoms with Crippen molar-refractivity contribution in [1.29, 1.82) is 0 Å². The second-order valence-corrected chi connectivity index (χ2v) is 11.0. The standard InChI is InChI=1S/C31H36N2O7/c1-36-26-12-17(13-27(37-2)29(26)38-3)30(34)40-19-11-18-16-33-10-9-21-20-7-5-6-8-24(20)32-28(21)25(33)15-22(18)23(14-19)31(35)39-4/h5-8,12-13,18-19,22-23,25,32H,9-11,14-16H2,1-4H3/t18-,19?,22+,23?,25?/m1/s1. The number of hydrogen-bond acceptors (Lipinski definition) is 8. The summed E-state index contributed by atoms with van der Waals surface area (Å²) in [6.45, 7) is 1.83. The molecule has 2 aliphatic heterocycles. The first-order chi connectivity index (χ1) is 19.4. The Morgan fingerprint density at radius 2 is 1.70 bits per heavy atom. The molecule has 212 valence electrons. The molecule has 0 spiro atoms. The Balaban J connectivity index is 1.24. The van der Waals surface area contributed by atoms with Gasteiger partial charge in [-0.3, -0.25) is 9.69 Å². The largest absolute Gasteiger partial charge is 0.493 e. The van der Waals surface area contributed by atoms with Gasteiger partial charge in [0.25, 0.3) is 0 Å². The molecule has 6 rings (SSSR count). The van der Waals surface area contributed by atoms with Crippen molar-refractivity contribution in [3.63, 3.8) is 0 Å². The first kappa shape index (κ1) is 26.5. The third kappa shape index (κ3) is 4.46. The van der Waals surface area contributed by atoms with Crippen LogP contribution in [0.5, 0.6) is 17.2 Å². The molecule has 9 nitrogen and oxygen atoms in total. The maximum absolute atomic E-state index is 13.3. The van der Waals surface area contributed by atoms with Crippen molar-refractivity contribution in [3.8, 4) is 17.2 Å². The fourth-order valence-corrected chi connectivity index (χ4v) is 7.31. The minimum Gasteiger partial charge on any atom is -0.493 e. The molecule has 0 amide bonds. The van der Waals surface area contributed by atoms with Crippen molar-refractivity contribution in [2.75, 3.05) is 41.5 Å². The van der Waals surface area contributed by atoms with Gasteiger partial charge in [0.15, 0.2) is 11.5 Å². The summed E-state index contributed by atoms with van der Waals surface area (Å²) >= 11 is 0. The number of rotatable bonds is 6. The van der Waals surface area contributed by atoms with Gasteiger partial charge in [-0.05, 0) is 61.3 Å². The normalized spacial score (nSPS) is 25.8. The van der Waals surface area contributed by atoms with Crippen molar-refractivity contribution in [2.24, 2.45) is 17.8 Å². The average Bonchev–Trinajstić information content (AvgIpc) is 3.37. The van der Waals surface area contributed by atoms with E-state index >= 15 is 0 Å². The maximum Gasteiger partial charge on any atom is 0.338 e. The lowest BCUT2D eigenvalue weighted by molar-refractivity contribution is -0.155. The number of nitrogens with one attached hydrogen (secondary N) is 1. The summed E-state index contributed by atoms with van der Waals surface area (Å²) in [6.07, 6.45) is 2.61. The molecule has 1 aromatic heterocycles. The van der Waals surface area contributed by atoms with E-state index < -0.39 is 12.1 Å². The molecular formula is C31H36N2O7. The van der Waals surface area contributed by atoms with Crippen LogP contribution in [0.3, 0.4) is 0 Å². The van der Waals surface area contributed by atoms with Crippen LogP contribution in [0.25, 0.3) is 10.9 Å². The fourth-order valence-electron chi connectivity index (χ4n) is 7.31. The van der Waals surface area contributed by atoms with E-state index in [0.717, 1.165) is 25.9 Å². The van der Waals surface area contributed by atoms with Crippen LogP contribution in [0.1, 0.15) is 46.9 Å². The minimum atomic E-state index is -0.485. The van der Waals surface area contributed by atoms with Crippen molar-refractivity contribution < 1.29 is 33.3 Å². The van der Waals surface area contributed by atoms with Crippen LogP contribution in [-0.2, 0) is 20.7 Å². The third-order valence-corrected chi connectivity index (χ3v) is 9.12. The minimum absolute atomic E-state index is 0.155. The highest BCUT2D eigenvalue weighted by Crippen LogP contribution is 2.50. The molecule has 3 aromatic rings. The van der Waals surface area contributed by atoms with Gasteiger partial charge >= 0.3 is 11.9 Å². The van der Waals surface area contributed by atoms with E-state index in [-0.39, 0.29) is 29.8 Å². The zero-order valence-electron chi connectivity index (χ0n) is 23.4. The molecule has 0 bridgehead atoms. The van der Waals surface area contributed by atoms with Crippen LogP contribution in [0.4, 0.5) is 0 Å². The summed E-state index contributed by atoms with van der Waals surface area (Å²) in [5.74, 6) is 0.488. The number of aromatic nitrogens is 1. The second-order valence-electron chi connectivity index (χ2n) is 11.0. The van der Waals surface area contributed by atoms with E-state index in [0.29, 0.717) is 35.7 Å². The number of esters is 2. The molecule has 9 heteroatoms. The van der Waals surface area contributed by atoms with E-state index in [1.165, 1.54) is 50.6 Å². The number of methoxy groups -OCH3 is 4. The molecule has 2 fully saturated rings. The first-order valence-electron chi connectivity index (χ1n) is 13.9. The van der Waals surface area contributed by atoms with Crippen molar-refractivity contribution >= 4 is 22.8 Å². The van der Waals surface area contributed by atoms with Gasteiger partial charge in [-0.1, -0.05) is 18.2 Å². The smallest absolute Gasteiger partial charge is 0.338 e. The molecule has 1 N–H and O–H groups in total. The summed E-state index contributed by atoms with van der Waals surface area (Å²) in [5, 5.41) is 1.30. The van der Waals surface area contributed by atoms with Crippen molar-refractivity contribution in [3.05, 3.63) is 53.2 Å². The van der Waals surface area contributed by atoms with Gasteiger partial charge in [-0.25, -0.2) is 4.79 Å². The number of carbonyl (C=O) groups excluding carboxylic acids is 2. The molecule has 0 radical (unpaired) electrons. The highest BCUT2D eigenvalue weighted by molar-refractivity contribution is 5.91. The topological polar surface area (TPSA) is 99.3 Å². The molecule has 2 aromatic carbocycles. The van der Waals surface area contributed by atoms with Gasteiger partial charge < -0.3 is 28.7 Å². The number of ether oxygens (including phenoxy) is 5. The Morgan fingerprint density at radius 1 is 0.950 bits per heavy atom. The number of fused-ring (bicyclic) bond motifs is 6. The molecular weight excluding hydrogens is 512 g/mol. The van der Waals surface area contributed by atoms with Crippen molar-refractivity contribution in [1.82, 2.24) is 9.88 Å². The number of hydrogen-bond donors (Lipinski definition) is 1.